The molecule has 1 aliphatic carbocycles. The first-order valence-electron chi connectivity index (χ1n) is 10.6. The van der Waals surface area contributed by atoms with Crippen LogP contribution in [-0.2, 0) is 9.59 Å². The second kappa shape index (κ2) is 9.84. The molecular formula is C25H25ClN2O3. The van der Waals surface area contributed by atoms with Gasteiger partial charge in [0, 0.05) is 11.6 Å². The Morgan fingerprint density at radius 2 is 2.03 bits per heavy atom. The van der Waals surface area contributed by atoms with E-state index in [1.807, 2.05) is 24.3 Å². The Balaban J connectivity index is 1.48. The molecule has 2 aliphatic rings. The Morgan fingerprint density at radius 3 is 2.84 bits per heavy atom. The molecule has 160 valence electrons. The molecule has 0 unspecified atom stereocenters. The van der Waals surface area contributed by atoms with Gasteiger partial charge in [0.1, 0.15) is 6.54 Å². The van der Waals surface area contributed by atoms with Crippen molar-refractivity contribution < 1.29 is 14.3 Å². The van der Waals surface area contributed by atoms with E-state index in [1.165, 1.54) is 23.3 Å². The lowest BCUT2D eigenvalue weighted by atomic mass is 9.97. The van der Waals surface area contributed by atoms with Crippen LogP contribution in [0.25, 0.3) is 6.08 Å². The van der Waals surface area contributed by atoms with Crippen LogP contribution in [0.1, 0.15) is 37.7 Å². The summed E-state index contributed by atoms with van der Waals surface area (Å²) in [5, 5.41) is 3.52. The number of hydrogen-bond donors (Lipinski definition) is 1. The lowest BCUT2D eigenvalue weighted by Gasteiger charge is -2.30. The van der Waals surface area contributed by atoms with Crippen molar-refractivity contribution >= 4 is 35.2 Å². The number of anilines is 1. The first-order valence-corrected chi connectivity index (χ1v) is 11.0. The Kier molecular flexibility index (Phi) is 6.73. The highest BCUT2D eigenvalue weighted by Crippen LogP contribution is 2.35. The molecule has 0 aromatic heterocycles. The summed E-state index contributed by atoms with van der Waals surface area (Å²) in [4.78, 5) is 27.2. The average Bonchev–Trinajstić information content (AvgIpc) is 2.77. The Hall–Kier alpha value is -3.05. The number of allylic oxidation sites excluding steroid dienone is 1. The fourth-order valence-electron chi connectivity index (χ4n) is 3.86. The molecule has 1 aliphatic heterocycles. The standard InChI is InChI=1S/C25H25ClN2O3/c26-20-10-6-9-19(15-20)16-23-25(30)28(21-11-4-5-12-22(21)31-23)17-24(29)27-14-13-18-7-2-1-3-8-18/h4-7,9-12,15-16H,1-3,8,13-14,17H2,(H,27,29)/b23-16+. The van der Waals surface area contributed by atoms with Crippen LogP contribution in [0.5, 0.6) is 5.75 Å². The van der Waals surface area contributed by atoms with Gasteiger partial charge in [-0.3, -0.25) is 14.5 Å². The summed E-state index contributed by atoms with van der Waals surface area (Å²) in [5.41, 5.74) is 2.74. The van der Waals surface area contributed by atoms with E-state index in [1.54, 1.807) is 30.3 Å². The third kappa shape index (κ3) is 5.36. The van der Waals surface area contributed by atoms with E-state index >= 15 is 0 Å². The highest BCUT2D eigenvalue weighted by atomic mass is 35.5. The van der Waals surface area contributed by atoms with Crippen molar-refractivity contribution in [1.82, 2.24) is 5.32 Å². The second-order valence-corrected chi connectivity index (χ2v) is 8.17. The highest BCUT2D eigenvalue weighted by Gasteiger charge is 2.31. The minimum Gasteiger partial charge on any atom is -0.449 e. The van der Waals surface area contributed by atoms with Crippen molar-refractivity contribution in [3.63, 3.8) is 0 Å². The Morgan fingerprint density at radius 1 is 1.16 bits per heavy atom. The minimum absolute atomic E-state index is 0.0643. The lowest BCUT2D eigenvalue weighted by Crippen LogP contribution is -2.44. The minimum atomic E-state index is -0.358. The van der Waals surface area contributed by atoms with Crippen molar-refractivity contribution in [3.05, 3.63) is 76.5 Å². The Bertz CT molecular complexity index is 1040. The van der Waals surface area contributed by atoms with Crippen molar-refractivity contribution in [1.29, 1.82) is 0 Å². The van der Waals surface area contributed by atoms with Crippen LogP contribution in [0.4, 0.5) is 5.69 Å². The van der Waals surface area contributed by atoms with Crippen LogP contribution in [0, 0.1) is 0 Å². The summed E-state index contributed by atoms with van der Waals surface area (Å²) in [6, 6.07) is 14.4. The van der Waals surface area contributed by atoms with Gasteiger partial charge in [-0.25, -0.2) is 0 Å². The van der Waals surface area contributed by atoms with E-state index in [9.17, 15) is 9.59 Å². The van der Waals surface area contributed by atoms with Gasteiger partial charge in [0.05, 0.1) is 5.69 Å². The molecule has 0 fully saturated rings. The number of hydrogen-bond acceptors (Lipinski definition) is 3. The molecule has 2 aromatic carbocycles. The third-order valence-corrected chi connectivity index (χ3v) is 5.67. The molecule has 2 amide bonds. The number of para-hydroxylation sites is 2. The highest BCUT2D eigenvalue weighted by molar-refractivity contribution is 6.30. The molecular weight excluding hydrogens is 412 g/mol. The van der Waals surface area contributed by atoms with Gasteiger partial charge >= 0.3 is 0 Å². The van der Waals surface area contributed by atoms with Crippen LogP contribution in [0.3, 0.4) is 0 Å². The van der Waals surface area contributed by atoms with Crippen LogP contribution < -0.4 is 15.0 Å². The number of ether oxygens (including phenoxy) is 1. The van der Waals surface area contributed by atoms with E-state index in [4.69, 9.17) is 16.3 Å². The molecule has 5 nitrogen and oxygen atoms in total. The smallest absolute Gasteiger partial charge is 0.294 e. The van der Waals surface area contributed by atoms with Crippen LogP contribution in [0.2, 0.25) is 5.02 Å². The maximum atomic E-state index is 13.1. The SMILES string of the molecule is O=C(CN1C(=O)/C(=C\c2cccc(Cl)c2)Oc2ccccc21)NCCC1=CCCCC1. The Labute approximate surface area is 187 Å². The number of fused-ring (bicyclic) bond motifs is 1. The molecule has 1 N–H and O–H groups in total. The fourth-order valence-corrected chi connectivity index (χ4v) is 4.06. The van der Waals surface area contributed by atoms with Gasteiger partial charge < -0.3 is 10.1 Å². The predicted octanol–water partition coefficient (Wildman–Crippen LogP) is 5.11. The molecule has 0 atom stereocenters. The first-order chi connectivity index (χ1) is 15.1. The van der Waals surface area contributed by atoms with Crippen LogP contribution in [0.15, 0.2) is 65.9 Å². The number of halogens is 1. The number of nitrogens with zero attached hydrogens (tertiary/aromatic N) is 1. The van der Waals surface area contributed by atoms with Gasteiger partial charge in [-0.05, 0) is 68.0 Å². The summed E-state index contributed by atoms with van der Waals surface area (Å²) in [7, 11) is 0. The molecule has 31 heavy (non-hydrogen) atoms. The molecule has 0 radical (unpaired) electrons. The number of carbonyl (C=O) groups is 2. The molecule has 0 saturated heterocycles. The van der Waals surface area contributed by atoms with Crippen molar-refractivity contribution in [2.45, 2.75) is 32.1 Å². The van der Waals surface area contributed by atoms with Gasteiger partial charge in [-0.1, -0.05) is 47.5 Å². The first kappa shape index (κ1) is 21.2. The maximum Gasteiger partial charge on any atom is 0.294 e. The zero-order valence-corrected chi connectivity index (χ0v) is 18.0. The van der Waals surface area contributed by atoms with Gasteiger partial charge in [0.25, 0.3) is 5.91 Å². The van der Waals surface area contributed by atoms with E-state index in [-0.39, 0.29) is 24.1 Å². The van der Waals surface area contributed by atoms with E-state index < -0.39 is 0 Å². The number of carbonyl (C=O) groups excluding carboxylic acids is 2. The maximum absolute atomic E-state index is 13.1. The van der Waals surface area contributed by atoms with E-state index in [0.29, 0.717) is 23.0 Å². The van der Waals surface area contributed by atoms with Gasteiger partial charge in [-0.2, -0.15) is 0 Å². The molecule has 2 aromatic rings. The molecule has 1 heterocycles. The summed E-state index contributed by atoms with van der Waals surface area (Å²) in [6.45, 7) is 0.515. The quantitative estimate of drug-likeness (QED) is 0.505. The molecule has 0 saturated carbocycles. The summed E-state index contributed by atoms with van der Waals surface area (Å²) in [6.07, 6.45) is 9.50. The van der Waals surface area contributed by atoms with Crippen molar-refractivity contribution in [2.75, 3.05) is 18.0 Å². The molecule has 4 rings (SSSR count). The number of rotatable bonds is 6. The fraction of sp³-hybridized carbons (Fsp3) is 0.280. The van der Waals surface area contributed by atoms with Crippen LogP contribution >= 0.6 is 11.6 Å². The van der Waals surface area contributed by atoms with E-state index in [0.717, 1.165) is 24.8 Å². The predicted molar refractivity (Wildman–Crippen MR) is 123 cm³/mol. The van der Waals surface area contributed by atoms with Gasteiger partial charge in [0.15, 0.2) is 11.5 Å². The third-order valence-electron chi connectivity index (χ3n) is 5.43. The van der Waals surface area contributed by atoms with Crippen LogP contribution in [-0.4, -0.2) is 24.9 Å². The molecule has 6 heteroatoms. The topological polar surface area (TPSA) is 58.6 Å². The molecule has 0 spiro atoms. The number of benzene rings is 2. The van der Waals surface area contributed by atoms with E-state index in [2.05, 4.69) is 11.4 Å². The summed E-state index contributed by atoms with van der Waals surface area (Å²) in [5.74, 6) is 0.143. The van der Waals surface area contributed by atoms with Gasteiger partial charge in [-0.15, -0.1) is 0 Å². The summed E-state index contributed by atoms with van der Waals surface area (Å²) < 4.78 is 5.85. The number of amides is 2. The average molecular weight is 437 g/mol. The van der Waals surface area contributed by atoms with Crippen molar-refractivity contribution in [2.24, 2.45) is 0 Å². The van der Waals surface area contributed by atoms with Crippen molar-refractivity contribution in [3.8, 4) is 5.75 Å². The zero-order chi connectivity index (χ0) is 21.6. The largest absolute Gasteiger partial charge is 0.449 e. The second-order valence-electron chi connectivity index (χ2n) is 7.73. The monoisotopic (exact) mass is 436 g/mol. The lowest BCUT2D eigenvalue weighted by molar-refractivity contribution is -0.123. The number of nitrogens with one attached hydrogen (secondary N) is 1. The molecule has 0 bridgehead atoms. The summed E-state index contributed by atoms with van der Waals surface area (Å²) >= 11 is 6.06. The zero-order valence-electron chi connectivity index (χ0n) is 17.3. The normalized spacial score (nSPS) is 17.1. The van der Waals surface area contributed by atoms with Gasteiger partial charge in [0.2, 0.25) is 5.91 Å².